The standard InChI is InChI=1S/C15H12N6/c16-11-6-5-9-3-1-2-4-10(9)12(11)21-15-13-14(18-7-17-13)19-8-20-15/h1-8H,16H2,(H2,17,18,19,20,21). The summed E-state index contributed by atoms with van der Waals surface area (Å²) in [5, 5.41) is 5.46. The lowest BCUT2D eigenvalue weighted by molar-refractivity contribution is 1.20. The van der Waals surface area contributed by atoms with Crippen molar-refractivity contribution >= 4 is 39.1 Å². The molecule has 21 heavy (non-hydrogen) atoms. The van der Waals surface area contributed by atoms with E-state index in [4.69, 9.17) is 5.73 Å². The number of nitrogens with one attached hydrogen (secondary N) is 2. The van der Waals surface area contributed by atoms with Crippen LogP contribution in [-0.4, -0.2) is 19.9 Å². The monoisotopic (exact) mass is 276 g/mol. The van der Waals surface area contributed by atoms with Gasteiger partial charge in [-0.05, 0) is 11.5 Å². The van der Waals surface area contributed by atoms with Crippen molar-refractivity contribution in [3.8, 4) is 0 Å². The molecule has 0 unspecified atom stereocenters. The van der Waals surface area contributed by atoms with Gasteiger partial charge in [0, 0.05) is 5.39 Å². The molecule has 0 saturated carbocycles. The highest BCUT2D eigenvalue weighted by Gasteiger charge is 2.10. The van der Waals surface area contributed by atoms with Crippen molar-refractivity contribution in [2.75, 3.05) is 11.1 Å². The van der Waals surface area contributed by atoms with E-state index in [9.17, 15) is 0 Å². The fourth-order valence-electron chi connectivity index (χ4n) is 2.41. The SMILES string of the molecule is Nc1ccc2ccccc2c1Nc1ncnc2nc[nH]c12. The van der Waals surface area contributed by atoms with Crippen LogP contribution in [0.15, 0.2) is 49.1 Å². The summed E-state index contributed by atoms with van der Waals surface area (Å²) in [6.07, 6.45) is 3.07. The highest BCUT2D eigenvalue weighted by Crippen LogP contribution is 2.32. The normalized spacial score (nSPS) is 11.0. The van der Waals surface area contributed by atoms with Gasteiger partial charge in [-0.15, -0.1) is 0 Å². The largest absolute Gasteiger partial charge is 0.397 e. The van der Waals surface area contributed by atoms with Crippen molar-refractivity contribution in [2.24, 2.45) is 0 Å². The number of H-pyrrole nitrogens is 1. The summed E-state index contributed by atoms with van der Waals surface area (Å²) in [4.78, 5) is 15.5. The smallest absolute Gasteiger partial charge is 0.182 e. The first-order valence-electron chi connectivity index (χ1n) is 6.51. The van der Waals surface area contributed by atoms with Gasteiger partial charge < -0.3 is 16.0 Å². The van der Waals surface area contributed by atoms with Gasteiger partial charge in [0.05, 0.1) is 17.7 Å². The molecule has 0 fully saturated rings. The first-order chi connectivity index (χ1) is 10.3. The van der Waals surface area contributed by atoms with Crippen LogP contribution in [0.1, 0.15) is 0 Å². The minimum Gasteiger partial charge on any atom is -0.397 e. The van der Waals surface area contributed by atoms with Crippen LogP contribution >= 0.6 is 0 Å². The predicted octanol–water partition coefficient (Wildman–Crippen LogP) is 2.83. The van der Waals surface area contributed by atoms with Gasteiger partial charge in [-0.3, -0.25) is 0 Å². The number of nitrogens with zero attached hydrogens (tertiary/aromatic N) is 3. The van der Waals surface area contributed by atoms with Crippen LogP contribution in [0.2, 0.25) is 0 Å². The van der Waals surface area contributed by atoms with Crippen molar-refractivity contribution in [3.63, 3.8) is 0 Å². The van der Waals surface area contributed by atoms with Crippen LogP contribution in [-0.2, 0) is 0 Å². The second kappa shape index (κ2) is 4.45. The molecule has 4 rings (SSSR count). The number of rotatable bonds is 2. The highest BCUT2D eigenvalue weighted by molar-refractivity contribution is 6.02. The Morgan fingerprint density at radius 1 is 1.00 bits per heavy atom. The summed E-state index contributed by atoms with van der Waals surface area (Å²) in [5.41, 5.74) is 9.00. The van der Waals surface area contributed by atoms with Gasteiger partial charge in [0.1, 0.15) is 11.8 Å². The van der Waals surface area contributed by atoms with E-state index in [1.54, 1.807) is 6.33 Å². The van der Waals surface area contributed by atoms with Crippen LogP contribution in [0.4, 0.5) is 17.2 Å². The van der Waals surface area contributed by atoms with Gasteiger partial charge in [-0.25, -0.2) is 15.0 Å². The molecular formula is C15H12N6. The zero-order valence-corrected chi connectivity index (χ0v) is 11.0. The number of fused-ring (bicyclic) bond motifs is 2. The molecule has 102 valence electrons. The Hall–Kier alpha value is -3.15. The number of imidazole rings is 1. The number of nitrogens with two attached hydrogens (primary N) is 1. The fourth-order valence-corrected chi connectivity index (χ4v) is 2.41. The maximum absolute atomic E-state index is 6.12. The van der Waals surface area contributed by atoms with E-state index in [-0.39, 0.29) is 0 Å². The van der Waals surface area contributed by atoms with Gasteiger partial charge in [0.25, 0.3) is 0 Å². The Balaban J connectivity index is 1.91. The minimum atomic E-state index is 0.617. The average Bonchev–Trinajstić information content (AvgIpc) is 2.99. The molecule has 0 saturated heterocycles. The topological polar surface area (TPSA) is 92.5 Å². The third-order valence-electron chi connectivity index (χ3n) is 3.43. The summed E-state index contributed by atoms with van der Waals surface area (Å²) in [7, 11) is 0. The lowest BCUT2D eigenvalue weighted by atomic mass is 10.1. The molecule has 0 amide bonds. The lowest BCUT2D eigenvalue weighted by Gasteiger charge is -2.12. The Morgan fingerprint density at radius 3 is 2.86 bits per heavy atom. The van der Waals surface area contributed by atoms with Crippen molar-refractivity contribution in [2.45, 2.75) is 0 Å². The number of nitrogen functional groups attached to an aromatic ring is 1. The average molecular weight is 276 g/mol. The van der Waals surface area contributed by atoms with Crippen molar-refractivity contribution in [1.82, 2.24) is 19.9 Å². The molecule has 0 radical (unpaired) electrons. The number of aromatic amines is 1. The molecule has 0 aliphatic rings. The van der Waals surface area contributed by atoms with Gasteiger partial charge in [-0.2, -0.15) is 0 Å². The molecular weight excluding hydrogens is 264 g/mol. The van der Waals surface area contributed by atoms with Gasteiger partial charge >= 0.3 is 0 Å². The quantitative estimate of drug-likeness (QED) is 0.489. The van der Waals surface area contributed by atoms with Gasteiger partial charge in [0.2, 0.25) is 0 Å². The molecule has 4 N–H and O–H groups in total. The fraction of sp³-hybridized carbons (Fsp3) is 0. The Morgan fingerprint density at radius 2 is 1.90 bits per heavy atom. The van der Waals surface area contributed by atoms with Gasteiger partial charge in [0.15, 0.2) is 11.5 Å². The van der Waals surface area contributed by atoms with E-state index < -0.39 is 0 Å². The molecule has 2 aromatic carbocycles. The summed E-state index contributed by atoms with van der Waals surface area (Å²) < 4.78 is 0. The number of hydrogen-bond acceptors (Lipinski definition) is 5. The van der Waals surface area contributed by atoms with E-state index in [0.29, 0.717) is 17.2 Å². The molecule has 2 aromatic heterocycles. The minimum absolute atomic E-state index is 0.617. The molecule has 0 aliphatic heterocycles. The predicted molar refractivity (Wildman–Crippen MR) is 83.3 cm³/mol. The van der Waals surface area contributed by atoms with Crippen LogP contribution < -0.4 is 11.1 Å². The number of benzene rings is 2. The second-order valence-electron chi connectivity index (χ2n) is 4.70. The van der Waals surface area contributed by atoms with E-state index in [2.05, 4.69) is 25.3 Å². The molecule has 0 spiro atoms. The summed E-state index contributed by atoms with van der Waals surface area (Å²) >= 11 is 0. The van der Waals surface area contributed by atoms with Crippen molar-refractivity contribution in [3.05, 3.63) is 49.1 Å². The lowest BCUT2D eigenvalue weighted by Crippen LogP contribution is -2.00. The Kier molecular flexibility index (Phi) is 2.47. The summed E-state index contributed by atoms with van der Waals surface area (Å²) in [5.74, 6) is 0.653. The van der Waals surface area contributed by atoms with Crippen LogP contribution in [0.25, 0.3) is 21.9 Å². The Bertz CT molecular complexity index is 943. The zero-order chi connectivity index (χ0) is 14.2. The first kappa shape index (κ1) is 11.7. The first-order valence-corrected chi connectivity index (χ1v) is 6.51. The number of aromatic nitrogens is 4. The second-order valence-corrected chi connectivity index (χ2v) is 4.70. The molecule has 2 heterocycles. The number of hydrogen-bond donors (Lipinski definition) is 3. The summed E-state index contributed by atoms with van der Waals surface area (Å²) in [6.45, 7) is 0. The van der Waals surface area contributed by atoms with Crippen molar-refractivity contribution in [1.29, 1.82) is 0 Å². The van der Waals surface area contributed by atoms with E-state index in [1.807, 2.05) is 36.4 Å². The van der Waals surface area contributed by atoms with E-state index in [1.165, 1.54) is 6.33 Å². The Labute approximate surface area is 120 Å². The van der Waals surface area contributed by atoms with E-state index in [0.717, 1.165) is 22.0 Å². The maximum Gasteiger partial charge on any atom is 0.182 e. The zero-order valence-electron chi connectivity index (χ0n) is 11.0. The van der Waals surface area contributed by atoms with Crippen LogP contribution in [0.5, 0.6) is 0 Å². The van der Waals surface area contributed by atoms with Gasteiger partial charge in [-0.1, -0.05) is 30.3 Å². The maximum atomic E-state index is 6.12. The third-order valence-corrected chi connectivity index (χ3v) is 3.43. The molecule has 4 aromatic rings. The van der Waals surface area contributed by atoms with Crippen molar-refractivity contribution < 1.29 is 0 Å². The molecule has 6 heteroatoms. The highest BCUT2D eigenvalue weighted by atomic mass is 15.1. The molecule has 0 aliphatic carbocycles. The molecule has 0 atom stereocenters. The van der Waals surface area contributed by atoms with E-state index >= 15 is 0 Å². The molecule has 0 bridgehead atoms. The number of anilines is 3. The molecule has 6 nitrogen and oxygen atoms in total. The van der Waals surface area contributed by atoms with Crippen LogP contribution in [0.3, 0.4) is 0 Å². The summed E-state index contributed by atoms with van der Waals surface area (Å²) in [6, 6.07) is 11.9. The van der Waals surface area contributed by atoms with Crippen LogP contribution in [0, 0.1) is 0 Å². The third kappa shape index (κ3) is 1.85.